The van der Waals surface area contributed by atoms with Gasteiger partial charge in [-0.3, -0.25) is 4.99 Å². The number of hydrogen-bond acceptors (Lipinski definition) is 3. The predicted molar refractivity (Wildman–Crippen MR) is 92.4 cm³/mol. The number of guanidine groups is 1. The molecule has 128 valence electrons. The van der Waals surface area contributed by atoms with Crippen molar-refractivity contribution in [2.45, 2.75) is 58.1 Å². The van der Waals surface area contributed by atoms with Crippen LogP contribution in [-0.2, 0) is 4.74 Å². The number of piperidine rings is 1. The van der Waals surface area contributed by atoms with Gasteiger partial charge in [-0.15, -0.1) is 0 Å². The largest absolute Gasteiger partial charge is 0.377 e. The van der Waals surface area contributed by atoms with Gasteiger partial charge in [-0.05, 0) is 39.0 Å². The van der Waals surface area contributed by atoms with Gasteiger partial charge in [0.15, 0.2) is 5.96 Å². The van der Waals surface area contributed by atoms with Crippen molar-refractivity contribution in [3.05, 3.63) is 0 Å². The van der Waals surface area contributed by atoms with E-state index in [1.54, 1.807) is 0 Å². The lowest BCUT2D eigenvalue weighted by Gasteiger charge is -2.33. The molecule has 1 aliphatic carbocycles. The van der Waals surface area contributed by atoms with Gasteiger partial charge in [-0.1, -0.05) is 12.8 Å². The molecule has 0 aromatic carbocycles. The lowest BCUT2D eigenvalue weighted by atomic mass is 10.1. The highest BCUT2D eigenvalue weighted by Gasteiger charge is 2.22. The van der Waals surface area contributed by atoms with E-state index in [4.69, 9.17) is 4.74 Å². The molecule has 0 spiro atoms. The van der Waals surface area contributed by atoms with Crippen LogP contribution in [-0.4, -0.2) is 62.8 Å². The van der Waals surface area contributed by atoms with E-state index in [9.17, 15) is 0 Å². The van der Waals surface area contributed by atoms with Crippen molar-refractivity contribution >= 4 is 5.96 Å². The third-order valence-corrected chi connectivity index (χ3v) is 4.55. The molecule has 1 aliphatic heterocycles. The van der Waals surface area contributed by atoms with Crippen molar-refractivity contribution in [3.8, 4) is 0 Å². The minimum absolute atomic E-state index is 0.337. The monoisotopic (exact) mass is 310 g/mol. The molecule has 0 atom stereocenters. The van der Waals surface area contributed by atoms with Crippen molar-refractivity contribution in [2.24, 2.45) is 10.9 Å². The van der Waals surface area contributed by atoms with E-state index in [-0.39, 0.29) is 0 Å². The van der Waals surface area contributed by atoms with E-state index < -0.39 is 0 Å². The number of nitrogens with one attached hydrogen (secondary N) is 2. The summed E-state index contributed by atoms with van der Waals surface area (Å²) in [6.07, 6.45) is 6.84. The molecule has 22 heavy (non-hydrogen) atoms. The zero-order valence-corrected chi connectivity index (χ0v) is 14.6. The molecule has 0 bridgehead atoms. The Hall–Kier alpha value is -0.810. The topological polar surface area (TPSA) is 48.9 Å². The Labute approximate surface area is 135 Å². The maximum Gasteiger partial charge on any atom is 0.191 e. The van der Waals surface area contributed by atoms with Gasteiger partial charge in [-0.25, -0.2) is 0 Å². The summed E-state index contributed by atoms with van der Waals surface area (Å²) in [4.78, 5) is 6.85. The van der Waals surface area contributed by atoms with Crippen molar-refractivity contribution in [1.82, 2.24) is 15.5 Å². The van der Waals surface area contributed by atoms with Crippen LogP contribution in [0.15, 0.2) is 4.99 Å². The van der Waals surface area contributed by atoms with Crippen molar-refractivity contribution in [3.63, 3.8) is 0 Å². The Bertz CT molecular complexity index is 334. The third kappa shape index (κ3) is 6.97. The summed E-state index contributed by atoms with van der Waals surface area (Å²) in [5, 5.41) is 7.03. The number of ether oxygens (including phenoxy) is 1. The summed E-state index contributed by atoms with van der Waals surface area (Å²) in [6.45, 7) is 9.45. The second-order valence-electron chi connectivity index (χ2n) is 6.91. The highest BCUT2D eigenvalue weighted by molar-refractivity contribution is 5.79. The standard InChI is InChI=1S/C17H34N4O/c1-14(2)22-13-12-21-10-7-16(8-11-21)20-17(18-3)19-9-6-15-4-5-15/h14-16H,4-13H2,1-3H3,(H2,18,19,20). The lowest BCUT2D eigenvalue weighted by molar-refractivity contribution is 0.0532. The Morgan fingerprint density at radius 1 is 1.23 bits per heavy atom. The van der Waals surface area contributed by atoms with Gasteiger partial charge in [0.05, 0.1) is 12.7 Å². The van der Waals surface area contributed by atoms with E-state index in [0.29, 0.717) is 12.1 Å². The normalized spacial score (nSPS) is 21.4. The summed E-state index contributed by atoms with van der Waals surface area (Å²) in [5.41, 5.74) is 0. The maximum atomic E-state index is 5.64. The summed E-state index contributed by atoms with van der Waals surface area (Å²) >= 11 is 0. The minimum atomic E-state index is 0.337. The lowest BCUT2D eigenvalue weighted by Crippen LogP contribution is -2.49. The first-order chi connectivity index (χ1) is 10.7. The first kappa shape index (κ1) is 17.5. The molecule has 1 heterocycles. The molecule has 0 radical (unpaired) electrons. The van der Waals surface area contributed by atoms with Gasteiger partial charge in [0.25, 0.3) is 0 Å². The number of nitrogens with zero attached hydrogens (tertiary/aromatic N) is 2. The molecule has 1 saturated carbocycles. The van der Waals surface area contributed by atoms with Crippen LogP contribution in [0.3, 0.4) is 0 Å². The highest BCUT2D eigenvalue weighted by Crippen LogP contribution is 2.31. The molecule has 0 unspecified atom stereocenters. The predicted octanol–water partition coefficient (Wildman–Crippen LogP) is 1.84. The molecular weight excluding hydrogens is 276 g/mol. The molecular formula is C17H34N4O. The van der Waals surface area contributed by atoms with Crippen LogP contribution in [0, 0.1) is 5.92 Å². The van der Waals surface area contributed by atoms with E-state index >= 15 is 0 Å². The molecule has 2 N–H and O–H groups in total. The van der Waals surface area contributed by atoms with E-state index in [2.05, 4.69) is 34.4 Å². The van der Waals surface area contributed by atoms with Gasteiger partial charge in [0, 0.05) is 39.3 Å². The zero-order valence-electron chi connectivity index (χ0n) is 14.6. The van der Waals surface area contributed by atoms with Crippen LogP contribution in [0.5, 0.6) is 0 Å². The summed E-state index contributed by atoms with van der Waals surface area (Å²) in [5.74, 6) is 1.95. The van der Waals surface area contributed by atoms with Gasteiger partial charge < -0.3 is 20.3 Å². The molecule has 0 amide bonds. The highest BCUT2D eigenvalue weighted by atomic mass is 16.5. The first-order valence-electron chi connectivity index (χ1n) is 8.98. The molecule has 0 aromatic heterocycles. The van der Waals surface area contributed by atoms with Crippen LogP contribution in [0.25, 0.3) is 0 Å². The second-order valence-corrected chi connectivity index (χ2v) is 6.91. The Morgan fingerprint density at radius 3 is 2.55 bits per heavy atom. The van der Waals surface area contributed by atoms with Crippen LogP contribution in [0.1, 0.15) is 46.0 Å². The Balaban J connectivity index is 1.56. The smallest absolute Gasteiger partial charge is 0.191 e. The molecule has 5 nitrogen and oxygen atoms in total. The van der Waals surface area contributed by atoms with Crippen LogP contribution >= 0.6 is 0 Å². The van der Waals surface area contributed by atoms with Gasteiger partial charge >= 0.3 is 0 Å². The summed E-state index contributed by atoms with van der Waals surface area (Å²) in [7, 11) is 1.87. The van der Waals surface area contributed by atoms with Crippen molar-refractivity contribution < 1.29 is 4.74 Å². The maximum absolute atomic E-state index is 5.64. The van der Waals surface area contributed by atoms with Crippen LogP contribution < -0.4 is 10.6 Å². The number of aliphatic imine (C=N–C) groups is 1. The average Bonchev–Trinajstić information content (AvgIpc) is 3.32. The minimum Gasteiger partial charge on any atom is -0.377 e. The molecule has 5 heteroatoms. The number of hydrogen-bond donors (Lipinski definition) is 2. The van der Waals surface area contributed by atoms with Crippen molar-refractivity contribution in [1.29, 1.82) is 0 Å². The van der Waals surface area contributed by atoms with Gasteiger partial charge in [-0.2, -0.15) is 0 Å². The third-order valence-electron chi connectivity index (χ3n) is 4.55. The average molecular weight is 310 g/mol. The fourth-order valence-corrected chi connectivity index (χ4v) is 2.91. The zero-order chi connectivity index (χ0) is 15.8. The SMILES string of the molecule is CN=C(NCCC1CC1)NC1CCN(CCOC(C)C)CC1. The molecule has 2 fully saturated rings. The molecule has 1 saturated heterocycles. The molecule has 0 aromatic rings. The van der Waals surface area contributed by atoms with Crippen molar-refractivity contribution in [2.75, 3.05) is 39.8 Å². The fourth-order valence-electron chi connectivity index (χ4n) is 2.91. The molecule has 2 rings (SSSR count). The number of rotatable bonds is 8. The Morgan fingerprint density at radius 2 is 1.95 bits per heavy atom. The molecule has 2 aliphatic rings. The summed E-state index contributed by atoms with van der Waals surface area (Å²) in [6, 6.07) is 0.550. The summed E-state index contributed by atoms with van der Waals surface area (Å²) < 4.78 is 5.64. The number of likely N-dealkylation sites (tertiary alicyclic amines) is 1. The van der Waals surface area contributed by atoms with E-state index in [1.165, 1.54) is 32.1 Å². The Kier molecular flexibility index (Phi) is 7.46. The van der Waals surface area contributed by atoms with Gasteiger partial charge in [0.2, 0.25) is 0 Å². The van der Waals surface area contributed by atoms with Crippen LogP contribution in [0.2, 0.25) is 0 Å². The second kappa shape index (κ2) is 9.36. The quantitative estimate of drug-likeness (QED) is 0.530. The first-order valence-corrected chi connectivity index (χ1v) is 8.98. The van der Waals surface area contributed by atoms with Crippen LogP contribution in [0.4, 0.5) is 0 Å². The fraction of sp³-hybridized carbons (Fsp3) is 0.941. The van der Waals surface area contributed by atoms with E-state index in [1.807, 2.05) is 7.05 Å². The van der Waals surface area contributed by atoms with Gasteiger partial charge in [0.1, 0.15) is 0 Å². The van der Waals surface area contributed by atoms with E-state index in [0.717, 1.165) is 44.7 Å².